The van der Waals surface area contributed by atoms with Gasteiger partial charge in [0.05, 0.1) is 5.92 Å². The predicted octanol–water partition coefficient (Wildman–Crippen LogP) is 0.917. The molecule has 2 rings (SSSR count). The minimum Gasteiger partial charge on any atom is -0.381 e. The van der Waals surface area contributed by atoms with Crippen molar-refractivity contribution >= 4 is 5.91 Å². The average Bonchev–Trinajstić information content (AvgIpc) is 2.29. The number of hydrogen-bond donors (Lipinski definition) is 2. The molecule has 2 atom stereocenters. The summed E-state index contributed by atoms with van der Waals surface area (Å²) < 4.78 is 5.35. The first-order chi connectivity index (χ1) is 8.09. The number of piperidine rings is 1. The van der Waals surface area contributed by atoms with Gasteiger partial charge < -0.3 is 15.4 Å². The van der Waals surface area contributed by atoms with Crippen LogP contribution >= 0.6 is 0 Å². The minimum absolute atomic E-state index is 0.0595. The maximum absolute atomic E-state index is 12.2. The molecule has 2 heterocycles. The van der Waals surface area contributed by atoms with Gasteiger partial charge in [-0.2, -0.15) is 0 Å². The lowest BCUT2D eigenvalue weighted by Crippen LogP contribution is -2.53. The molecule has 98 valence electrons. The molecule has 17 heavy (non-hydrogen) atoms. The van der Waals surface area contributed by atoms with Gasteiger partial charge in [-0.25, -0.2) is 0 Å². The van der Waals surface area contributed by atoms with Crippen LogP contribution < -0.4 is 10.6 Å². The van der Waals surface area contributed by atoms with Gasteiger partial charge in [0, 0.05) is 25.3 Å². The number of rotatable bonds is 2. The molecule has 0 aliphatic carbocycles. The van der Waals surface area contributed by atoms with Crippen LogP contribution in [0.2, 0.25) is 0 Å². The molecule has 0 saturated carbocycles. The summed E-state index contributed by atoms with van der Waals surface area (Å²) in [5.74, 6) is 0.953. The lowest BCUT2D eigenvalue weighted by Gasteiger charge is -2.37. The summed E-state index contributed by atoms with van der Waals surface area (Å²) in [4.78, 5) is 12.2. The molecule has 1 amide bonds. The van der Waals surface area contributed by atoms with Crippen molar-refractivity contribution in [3.8, 4) is 0 Å². The zero-order valence-electron chi connectivity index (χ0n) is 10.9. The summed E-state index contributed by atoms with van der Waals surface area (Å²) >= 11 is 0. The third kappa shape index (κ3) is 3.42. The Morgan fingerprint density at radius 3 is 2.71 bits per heavy atom. The van der Waals surface area contributed by atoms with Gasteiger partial charge in [0.25, 0.3) is 0 Å². The van der Waals surface area contributed by atoms with Crippen molar-refractivity contribution in [2.45, 2.75) is 38.6 Å². The van der Waals surface area contributed by atoms with Gasteiger partial charge in [-0.05, 0) is 38.6 Å². The minimum atomic E-state index is -0.0595. The quantitative estimate of drug-likeness (QED) is 0.754. The molecule has 2 N–H and O–H groups in total. The zero-order valence-corrected chi connectivity index (χ0v) is 10.9. The lowest BCUT2D eigenvalue weighted by molar-refractivity contribution is -0.128. The lowest BCUT2D eigenvalue weighted by atomic mass is 9.88. The monoisotopic (exact) mass is 240 g/mol. The van der Waals surface area contributed by atoms with Gasteiger partial charge in [-0.15, -0.1) is 0 Å². The van der Waals surface area contributed by atoms with E-state index in [1.54, 1.807) is 0 Å². The molecule has 4 nitrogen and oxygen atoms in total. The molecular weight excluding hydrogens is 216 g/mol. The number of amides is 1. The normalized spacial score (nSPS) is 33.1. The Bertz CT molecular complexity index is 275. The van der Waals surface area contributed by atoms with E-state index < -0.39 is 0 Å². The standard InChI is InChI=1S/C13H24N2O2/c1-10-7-11(9-14-8-10)12(16)15-13(2)3-5-17-6-4-13/h10-11,14H,3-9H2,1-2H3,(H,15,16). The molecule has 2 saturated heterocycles. The van der Waals surface area contributed by atoms with E-state index in [2.05, 4.69) is 24.5 Å². The van der Waals surface area contributed by atoms with Crippen LogP contribution in [0.5, 0.6) is 0 Å². The first kappa shape index (κ1) is 12.8. The van der Waals surface area contributed by atoms with E-state index in [1.807, 2.05) is 0 Å². The van der Waals surface area contributed by atoms with E-state index >= 15 is 0 Å². The maximum Gasteiger partial charge on any atom is 0.224 e. The molecule has 2 unspecified atom stereocenters. The molecule has 2 fully saturated rings. The predicted molar refractivity (Wildman–Crippen MR) is 66.7 cm³/mol. The summed E-state index contributed by atoms with van der Waals surface area (Å²) in [5, 5.41) is 6.56. The van der Waals surface area contributed by atoms with Crippen LogP contribution in [0.15, 0.2) is 0 Å². The van der Waals surface area contributed by atoms with Crippen LogP contribution in [0.3, 0.4) is 0 Å². The Labute approximate surface area is 103 Å². The fraction of sp³-hybridized carbons (Fsp3) is 0.923. The molecule has 2 aliphatic heterocycles. The van der Waals surface area contributed by atoms with Crippen molar-refractivity contribution in [1.29, 1.82) is 0 Å². The van der Waals surface area contributed by atoms with Crippen molar-refractivity contribution in [3.63, 3.8) is 0 Å². The highest BCUT2D eigenvalue weighted by Crippen LogP contribution is 2.22. The maximum atomic E-state index is 12.2. The van der Waals surface area contributed by atoms with E-state index in [4.69, 9.17) is 4.74 Å². The van der Waals surface area contributed by atoms with E-state index in [0.717, 1.165) is 45.6 Å². The molecule has 0 spiro atoms. The van der Waals surface area contributed by atoms with Gasteiger partial charge in [0.15, 0.2) is 0 Å². The van der Waals surface area contributed by atoms with Crippen LogP contribution in [0.1, 0.15) is 33.1 Å². The van der Waals surface area contributed by atoms with Gasteiger partial charge in [-0.3, -0.25) is 4.79 Å². The van der Waals surface area contributed by atoms with Crippen LogP contribution in [-0.2, 0) is 9.53 Å². The second kappa shape index (κ2) is 5.36. The number of hydrogen-bond acceptors (Lipinski definition) is 3. The van der Waals surface area contributed by atoms with Gasteiger partial charge in [0.1, 0.15) is 0 Å². The van der Waals surface area contributed by atoms with Crippen molar-refractivity contribution in [2.75, 3.05) is 26.3 Å². The smallest absolute Gasteiger partial charge is 0.224 e. The Balaban J connectivity index is 1.87. The summed E-state index contributed by atoms with van der Waals surface area (Å²) in [6, 6.07) is 0. The topological polar surface area (TPSA) is 50.4 Å². The van der Waals surface area contributed by atoms with Crippen LogP contribution in [0, 0.1) is 11.8 Å². The van der Waals surface area contributed by atoms with E-state index in [0.29, 0.717) is 5.92 Å². The summed E-state index contributed by atoms with van der Waals surface area (Å²) in [6.45, 7) is 7.71. The highest BCUT2D eigenvalue weighted by Gasteiger charge is 2.32. The molecule has 0 radical (unpaired) electrons. The molecule has 2 aliphatic rings. The van der Waals surface area contributed by atoms with Gasteiger partial charge in [0.2, 0.25) is 5.91 Å². The van der Waals surface area contributed by atoms with Crippen LogP contribution in [0.4, 0.5) is 0 Å². The molecule has 4 heteroatoms. The van der Waals surface area contributed by atoms with Crippen LogP contribution in [-0.4, -0.2) is 37.7 Å². The fourth-order valence-corrected chi connectivity index (χ4v) is 2.70. The largest absolute Gasteiger partial charge is 0.381 e. The number of ether oxygens (including phenoxy) is 1. The highest BCUT2D eigenvalue weighted by atomic mass is 16.5. The number of carbonyl (C=O) groups excluding carboxylic acids is 1. The highest BCUT2D eigenvalue weighted by molar-refractivity contribution is 5.79. The first-order valence-electron chi connectivity index (χ1n) is 6.69. The molecule has 0 aromatic heterocycles. The zero-order chi connectivity index (χ0) is 12.3. The van der Waals surface area contributed by atoms with Gasteiger partial charge in [-0.1, -0.05) is 6.92 Å². The van der Waals surface area contributed by atoms with Crippen molar-refractivity contribution in [1.82, 2.24) is 10.6 Å². The summed E-state index contributed by atoms with van der Waals surface area (Å²) in [7, 11) is 0. The average molecular weight is 240 g/mol. The Hall–Kier alpha value is -0.610. The Morgan fingerprint density at radius 1 is 1.35 bits per heavy atom. The van der Waals surface area contributed by atoms with Crippen molar-refractivity contribution in [3.05, 3.63) is 0 Å². The second-order valence-electron chi connectivity index (χ2n) is 5.86. The Morgan fingerprint density at radius 2 is 2.06 bits per heavy atom. The van der Waals surface area contributed by atoms with E-state index in [-0.39, 0.29) is 17.4 Å². The number of carbonyl (C=O) groups is 1. The molecule has 0 bridgehead atoms. The first-order valence-corrected chi connectivity index (χ1v) is 6.69. The third-order valence-electron chi connectivity index (χ3n) is 3.96. The second-order valence-corrected chi connectivity index (χ2v) is 5.86. The van der Waals surface area contributed by atoms with Crippen molar-refractivity contribution < 1.29 is 9.53 Å². The third-order valence-corrected chi connectivity index (χ3v) is 3.96. The SMILES string of the molecule is CC1CNCC(C(=O)NC2(C)CCOCC2)C1. The van der Waals surface area contributed by atoms with Crippen LogP contribution in [0.25, 0.3) is 0 Å². The van der Waals surface area contributed by atoms with E-state index in [9.17, 15) is 4.79 Å². The number of nitrogens with one attached hydrogen (secondary N) is 2. The van der Waals surface area contributed by atoms with E-state index in [1.165, 1.54) is 0 Å². The summed E-state index contributed by atoms with van der Waals surface area (Å²) in [5.41, 5.74) is -0.0595. The Kier molecular flexibility index (Phi) is 4.05. The van der Waals surface area contributed by atoms with Crippen molar-refractivity contribution in [2.24, 2.45) is 11.8 Å². The molecular formula is C13H24N2O2. The molecule has 0 aromatic rings. The summed E-state index contributed by atoms with van der Waals surface area (Å²) in [6.07, 6.45) is 2.86. The molecule has 0 aromatic carbocycles. The fourth-order valence-electron chi connectivity index (χ4n) is 2.70. The van der Waals surface area contributed by atoms with Gasteiger partial charge >= 0.3 is 0 Å².